The van der Waals surface area contributed by atoms with E-state index in [-0.39, 0.29) is 18.1 Å². The van der Waals surface area contributed by atoms with E-state index in [2.05, 4.69) is 39.8 Å². The molecule has 0 spiro atoms. The number of ether oxygens (including phenoxy) is 1. The van der Waals surface area contributed by atoms with Crippen molar-refractivity contribution in [3.63, 3.8) is 0 Å². The number of carbonyl (C=O) groups is 2. The van der Waals surface area contributed by atoms with Crippen LogP contribution in [-0.4, -0.2) is 61.9 Å². The molecule has 148 valence electrons. The van der Waals surface area contributed by atoms with E-state index in [1.165, 1.54) is 5.69 Å². The summed E-state index contributed by atoms with van der Waals surface area (Å²) in [5.74, 6) is 0. The summed E-state index contributed by atoms with van der Waals surface area (Å²) in [6.45, 7) is 5.29. The zero-order chi connectivity index (χ0) is 19.1. The average molecular weight is 374 g/mol. The SMILES string of the molecule is CCOC(=O)NC1CCCN(C(=O)NC2CCN(c3ccccc3)CC2)C1. The molecular weight excluding hydrogens is 344 g/mol. The maximum absolute atomic E-state index is 12.6. The summed E-state index contributed by atoms with van der Waals surface area (Å²) < 4.78 is 4.93. The first kappa shape index (κ1) is 19.3. The number of rotatable bonds is 4. The first-order chi connectivity index (χ1) is 13.2. The molecule has 2 aliphatic heterocycles. The summed E-state index contributed by atoms with van der Waals surface area (Å²) in [5, 5.41) is 6.02. The van der Waals surface area contributed by atoms with Crippen molar-refractivity contribution in [2.24, 2.45) is 0 Å². The highest BCUT2D eigenvalue weighted by atomic mass is 16.5. The fraction of sp³-hybridized carbons (Fsp3) is 0.600. The van der Waals surface area contributed by atoms with Crippen LogP contribution in [0.25, 0.3) is 0 Å². The third-order valence-corrected chi connectivity index (χ3v) is 5.25. The van der Waals surface area contributed by atoms with Gasteiger partial charge in [0.05, 0.1) is 6.61 Å². The summed E-state index contributed by atoms with van der Waals surface area (Å²) >= 11 is 0. The smallest absolute Gasteiger partial charge is 0.407 e. The second-order valence-corrected chi connectivity index (χ2v) is 7.20. The number of benzene rings is 1. The van der Waals surface area contributed by atoms with Gasteiger partial charge in [0.2, 0.25) is 0 Å². The molecule has 1 aromatic carbocycles. The lowest BCUT2D eigenvalue weighted by molar-refractivity contribution is 0.134. The van der Waals surface area contributed by atoms with E-state index in [9.17, 15) is 9.59 Å². The Labute approximate surface area is 161 Å². The predicted octanol–water partition coefficient (Wildman–Crippen LogP) is 2.58. The quantitative estimate of drug-likeness (QED) is 0.850. The minimum absolute atomic E-state index is 0.0245. The van der Waals surface area contributed by atoms with E-state index >= 15 is 0 Å². The van der Waals surface area contributed by atoms with E-state index in [0.29, 0.717) is 13.2 Å². The van der Waals surface area contributed by atoms with Gasteiger partial charge >= 0.3 is 12.1 Å². The molecule has 1 aromatic rings. The molecule has 27 heavy (non-hydrogen) atoms. The van der Waals surface area contributed by atoms with Crippen LogP contribution in [0.1, 0.15) is 32.6 Å². The van der Waals surface area contributed by atoms with Gasteiger partial charge in [0, 0.05) is 44.0 Å². The van der Waals surface area contributed by atoms with Crippen LogP contribution in [0.3, 0.4) is 0 Å². The number of carbonyl (C=O) groups excluding carboxylic acids is 2. The van der Waals surface area contributed by atoms with Gasteiger partial charge in [0.25, 0.3) is 0 Å². The molecule has 3 rings (SSSR count). The topological polar surface area (TPSA) is 73.9 Å². The van der Waals surface area contributed by atoms with Gasteiger partial charge in [0.1, 0.15) is 0 Å². The number of likely N-dealkylation sites (tertiary alicyclic amines) is 1. The van der Waals surface area contributed by atoms with Crippen molar-refractivity contribution in [1.82, 2.24) is 15.5 Å². The summed E-state index contributed by atoms with van der Waals surface area (Å²) in [5.41, 5.74) is 1.24. The number of hydrogen-bond donors (Lipinski definition) is 2. The molecule has 2 aliphatic rings. The Kier molecular flexibility index (Phi) is 6.79. The maximum Gasteiger partial charge on any atom is 0.407 e. The van der Waals surface area contributed by atoms with E-state index in [4.69, 9.17) is 4.74 Å². The number of nitrogens with one attached hydrogen (secondary N) is 2. The van der Waals surface area contributed by atoms with Crippen LogP contribution in [0.15, 0.2) is 30.3 Å². The Balaban J connectivity index is 1.43. The van der Waals surface area contributed by atoms with Gasteiger partial charge < -0.3 is 25.2 Å². The van der Waals surface area contributed by atoms with E-state index in [0.717, 1.165) is 45.3 Å². The van der Waals surface area contributed by atoms with Crippen LogP contribution in [0, 0.1) is 0 Å². The van der Waals surface area contributed by atoms with E-state index in [1.807, 2.05) is 11.0 Å². The van der Waals surface area contributed by atoms with Crippen molar-refractivity contribution in [2.75, 3.05) is 37.7 Å². The molecular formula is C20H30N4O3. The fourth-order valence-electron chi connectivity index (χ4n) is 3.81. The Hall–Kier alpha value is -2.44. The molecule has 0 aliphatic carbocycles. The molecule has 0 aromatic heterocycles. The highest BCUT2D eigenvalue weighted by Crippen LogP contribution is 2.20. The van der Waals surface area contributed by atoms with Crippen molar-refractivity contribution < 1.29 is 14.3 Å². The molecule has 0 radical (unpaired) electrons. The molecule has 2 heterocycles. The van der Waals surface area contributed by atoms with Crippen LogP contribution in [0.4, 0.5) is 15.3 Å². The number of nitrogens with zero attached hydrogens (tertiary/aromatic N) is 2. The van der Waals surface area contributed by atoms with E-state index < -0.39 is 6.09 Å². The molecule has 0 saturated carbocycles. The molecule has 7 heteroatoms. The summed E-state index contributed by atoms with van der Waals surface area (Å²) in [6, 6.07) is 10.5. The zero-order valence-corrected chi connectivity index (χ0v) is 16.0. The lowest BCUT2D eigenvalue weighted by atomic mass is 10.0. The standard InChI is InChI=1S/C20H30N4O3/c1-2-27-20(26)22-17-7-6-12-24(15-17)19(25)21-16-10-13-23(14-11-16)18-8-4-3-5-9-18/h3-5,8-9,16-17H,2,6-7,10-15H2,1H3,(H,21,25)(H,22,26). The van der Waals surface area contributed by atoms with Gasteiger partial charge in [-0.05, 0) is 44.7 Å². The number of piperidine rings is 2. The van der Waals surface area contributed by atoms with Crippen LogP contribution < -0.4 is 15.5 Å². The number of urea groups is 1. The second kappa shape index (κ2) is 9.48. The largest absolute Gasteiger partial charge is 0.450 e. The lowest BCUT2D eigenvalue weighted by Crippen LogP contribution is -2.55. The molecule has 3 amide bonds. The first-order valence-corrected chi connectivity index (χ1v) is 9.94. The van der Waals surface area contributed by atoms with Crippen molar-refractivity contribution in [3.05, 3.63) is 30.3 Å². The molecule has 2 N–H and O–H groups in total. The maximum atomic E-state index is 12.6. The summed E-state index contributed by atoms with van der Waals surface area (Å²) in [7, 11) is 0. The summed E-state index contributed by atoms with van der Waals surface area (Å²) in [6.07, 6.45) is 3.24. The first-order valence-electron chi connectivity index (χ1n) is 9.94. The van der Waals surface area contributed by atoms with Gasteiger partial charge in [-0.25, -0.2) is 9.59 Å². The molecule has 1 atom stereocenters. The highest BCUT2D eigenvalue weighted by Gasteiger charge is 2.27. The zero-order valence-electron chi connectivity index (χ0n) is 16.0. The number of alkyl carbamates (subject to hydrolysis) is 1. The van der Waals surface area contributed by atoms with Gasteiger partial charge in [-0.1, -0.05) is 18.2 Å². The normalized spacial score (nSPS) is 20.9. The third-order valence-electron chi connectivity index (χ3n) is 5.25. The minimum Gasteiger partial charge on any atom is -0.450 e. The van der Waals surface area contributed by atoms with Gasteiger partial charge in [-0.3, -0.25) is 0 Å². The summed E-state index contributed by atoms with van der Waals surface area (Å²) in [4.78, 5) is 28.4. The predicted molar refractivity (Wildman–Crippen MR) is 105 cm³/mol. The molecule has 0 bridgehead atoms. The van der Waals surface area contributed by atoms with Crippen LogP contribution in [0.5, 0.6) is 0 Å². The molecule has 7 nitrogen and oxygen atoms in total. The van der Waals surface area contributed by atoms with Gasteiger partial charge in [0.15, 0.2) is 0 Å². The molecule has 2 saturated heterocycles. The van der Waals surface area contributed by atoms with Gasteiger partial charge in [-0.2, -0.15) is 0 Å². The monoisotopic (exact) mass is 374 g/mol. The molecule has 2 fully saturated rings. The van der Waals surface area contributed by atoms with Gasteiger partial charge in [-0.15, -0.1) is 0 Å². The Morgan fingerprint density at radius 3 is 2.48 bits per heavy atom. The van der Waals surface area contributed by atoms with Crippen molar-refractivity contribution in [3.8, 4) is 0 Å². The average Bonchev–Trinajstić information content (AvgIpc) is 2.69. The van der Waals surface area contributed by atoms with Crippen LogP contribution in [-0.2, 0) is 4.74 Å². The highest BCUT2D eigenvalue weighted by molar-refractivity contribution is 5.75. The Morgan fingerprint density at radius 1 is 1.04 bits per heavy atom. The fourth-order valence-corrected chi connectivity index (χ4v) is 3.81. The minimum atomic E-state index is -0.405. The van der Waals surface area contributed by atoms with Crippen molar-refractivity contribution in [2.45, 2.75) is 44.7 Å². The number of amides is 3. The number of para-hydroxylation sites is 1. The number of hydrogen-bond acceptors (Lipinski definition) is 4. The van der Waals surface area contributed by atoms with E-state index in [1.54, 1.807) is 6.92 Å². The molecule has 1 unspecified atom stereocenters. The lowest BCUT2D eigenvalue weighted by Gasteiger charge is -2.37. The van der Waals surface area contributed by atoms with Crippen LogP contribution >= 0.6 is 0 Å². The Morgan fingerprint density at radius 2 is 1.78 bits per heavy atom. The van der Waals surface area contributed by atoms with Crippen molar-refractivity contribution in [1.29, 1.82) is 0 Å². The van der Waals surface area contributed by atoms with Crippen molar-refractivity contribution >= 4 is 17.8 Å². The third kappa shape index (κ3) is 5.52. The Bertz CT molecular complexity index is 617. The second-order valence-electron chi connectivity index (χ2n) is 7.20. The number of anilines is 1. The van der Waals surface area contributed by atoms with Crippen LogP contribution in [0.2, 0.25) is 0 Å².